The van der Waals surface area contributed by atoms with Crippen molar-refractivity contribution >= 4 is 28.9 Å². The van der Waals surface area contributed by atoms with Gasteiger partial charge in [-0.3, -0.25) is 9.36 Å². The van der Waals surface area contributed by atoms with E-state index in [1.807, 2.05) is 32.3 Å². The number of nitrogens with one attached hydrogen (secondary N) is 1. The Bertz CT molecular complexity index is 808. The maximum absolute atomic E-state index is 12.5. The molecule has 0 saturated heterocycles. The molecule has 0 aliphatic carbocycles. The number of halogens is 2. The van der Waals surface area contributed by atoms with Gasteiger partial charge in [-0.15, -0.1) is 0 Å². The summed E-state index contributed by atoms with van der Waals surface area (Å²) in [6, 6.07) is 8.84. The molecule has 5 nitrogen and oxygen atoms in total. The summed E-state index contributed by atoms with van der Waals surface area (Å²) in [5.74, 6) is 0.561. The summed E-state index contributed by atoms with van der Waals surface area (Å²) >= 11 is 13.1. The molecule has 0 spiro atoms. The van der Waals surface area contributed by atoms with Gasteiger partial charge < -0.3 is 15.0 Å². The van der Waals surface area contributed by atoms with Gasteiger partial charge in [0.2, 0.25) is 0 Å². The first-order valence-electron chi connectivity index (χ1n) is 9.60. The molecule has 0 amide bonds. The Morgan fingerprint density at radius 1 is 1.25 bits per heavy atom. The second-order valence-corrected chi connectivity index (χ2v) is 7.73. The minimum Gasteiger partial charge on any atom is -0.493 e. The van der Waals surface area contributed by atoms with E-state index in [1.54, 1.807) is 12.3 Å². The van der Waals surface area contributed by atoms with Crippen molar-refractivity contribution in [2.24, 2.45) is 0 Å². The van der Waals surface area contributed by atoms with Gasteiger partial charge in [-0.05, 0) is 32.6 Å². The van der Waals surface area contributed by atoms with E-state index >= 15 is 0 Å². The van der Waals surface area contributed by atoms with Crippen molar-refractivity contribution in [3.8, 4) is 5.75 Å². The SMILES string of the molecule is CCCCCOc1ccn(C(Cl)c2cccc(NCCN(C)C)c2Cl)c(=O)c1. The molecule has 0 radical (unpaired) electrons. The Hall–Kier alpha value is -1.69. The van der Waals surface area contributed by atoms with Crippen LogP contribution in [0.4, 0.5) is 5.69 Å². The number of ether oxygens (including phenoxy) is 1. The fraction of sp³-hybridized carbons (Fsp3) is 0.476. The van der Waals surface area contributed by atoms with Crippen molar-refractivity contribution < 1.29 is 4.74 Å². The maximum atomic E-state index is 12.5. The van der Waals surface area contributed by atoms with E-state index in [2.05, 4.69) is 17.1 Å². The number of anilines is 1. The average Bonchev–Trinajstić information content (AvgIpc) is 2.66. The summed E-state index contributed by atoms with van der Waals surface area (Å²) in [5, 5.41) is 3.83. The molecule has 0 aliphatic heterocycles. The van der Waals surface area contributed by atoms with E-state index in [0.29, 0.717) is 22.9 Å². The normalized spacial score (nSPS) is 12.2. The molecule has 1 N–H and O–H groups in total. The van der Waals surface area contributed by atoms with Crippen LogP contribution in [0.2, 0.25) is 5.02 Å². The Kier molecular flexibility index (Phi) is 9.16. The number of alkyl halides is 1. The van der Waals surface area contributed by atoms with Gasteiger partial charge in [-0.1, -0.05) is 55.1 Å². The largest absolute Gasteiger partial charge is 0.493 e. The number of benzene rings is 1. The van der Waals surface area contributed by atoms with Gasteiger partial charge in [-0.25, -0.2) is 0 Å². The van der Waals surface area contributed by atoms with Crippen LogP contribution in [-0.2, 0) is 0 Å². The fourth-order valence-electron chi connectivity index (χ4n) is 2.73. The molecule has 7 heteroatoms. The fourth-order valence-corrected chi connectivity index (χ4v) is 3.42. The number of nitrogens with zero attached hydrogens (tertiary/aromatic N) is 2. The molecule has 154 valence electrons. The zero-order valence-electron chi connectivity index (χ0n) is 16.8. The van der Waals surface area contributed by atoms with Crippen molar-refractivity contribution in [1.29, 1.82) is 0 Å². The summed E-state index contributed by atoms with van der Waals surface area (Å²) < 4.78 is 7.09. The molecule has 1 unspecified atom stereocenters. The highest BCUT2D eigenvalue weighted by Crippen LogP contribution is 2.33. The van der Waals surface area contributed by atoms with Crippen molar-refractivity contribution in [2.75, 3.05) is 39.1 Å². The van der Waals surface area contributed by atoms with Crippen LogP contribution in [0.1, 0.15) is 37.3 Å². The Morgan fingerprint density at radius 3 is 2.71 bits per heavy atom. The topological polar surface area (TPSA) is 46.5 Å². The molecule has 2 rings (SSSR count). The summed E-state index contributed by atoms with van der Waals surface area (Å²) in [4.78, 5) is 14.6. The lowest BCUT2D eigenvalue weighted by Gasteiger charge is -2.18. The van der Waals surface area contributed by atoms with E-state index in [1.165, 1.54) is 10.6 Å². The van der Waals surface area contributed by atoms with Crippen molar-refractivity contribution in [3.63, 3.8) is 0 Å². The number of rotatable bonds is 11. The lowest BCUT2D eigenvalue weighted by molar-refractivity contribution is 0.305. The quantitative estimate of drug-likeness (QED) is 0.413. The molecule has 1 atom stereocenters. The number of aromatic nitrogens is 1. The third-order valence-corrected chi connectivity index (χ3v) is 5.21. The van der Waals surface area contributed by atoms with Crippen LogP contribution in [0, 0.1) is 0 Å². The van der Waals surface area contributed by atoms with E-state index in [-0.39, 0.29) is 5.56 Å². The zero-order valence-corrected chi connectivity index (χ0v) is 18.3. The van der Waals surface area contributed by atoms with Crippen molar-refractivity contribution in [3.05, 3.63) is 57.5 Å². The smallest absolute Gasteiger partial charge is 0.255 e. The first-order valence-corrected chi connectivity index (χ1v) is 10.4. The predicted molar refractivity (Wildman–Crippen MR) is 118 cm³/mol. The monoisotopic (exact) mass is 425 g/mol. The summed E-state index contributed by atoms with van der Waals surface area (Å²) in [7, 11) is 4.02. The first-order chi connectivity index (χ1) is 13.4. The average molecular weight is 426 g/mol. The molecule has 0 saturated carbocycles. The maximum Gasteiger partial charge on any atom is 0.255 e. The first kappa shape index (κ1) is 22.6. The number of likely N-dealkylation sites (N-methyl/N-ethyl adjacent to an activating group) is 1. The van der Waals surface area contributed by atoms with Gasteiger partial charge in [0.15, 0.2) is 0 Å². The van der Waals surface area contributed by atoms with Crippen LogP contribution in [0.25, 0.3) is 0 Å². The molecule has 0 fully saturated rings. The molecule has 1 heterocycles. The number of hydrogen-bond donors (Lipinski definition) is 1. The van der Waals surface area contributed by atoms with Crippen LogP contribution in [-0.4, -0.2) is 43.3 Å². The van der Waals surface area contributed by atoms with Gasteiger partial charge >= 0.3 is 0 Å². The molecule has 0 aliphatic rings. The molecule has 1 aromatic heterocycles. The van der Waals surface area contributed by atoms with Gasteiger partial charge in [0.1, 0.15) is 11.3 Å². The van der Waals surface area contributed by atoms with Crippen molar-refractivity contribution in [2.45, 2.75) is 31.7 Å². The lowest BCUT2D eigenvalue weighted by Crippen LogP contribution is -2.22. The minimum atomic E-state index is -0.704. The highest BCUT2D eigenvalue weighted by Gasteiger charge is 2.17. The van der Waals surface area contributed by atoms with E-state index in [0.717, 1.165) is 38.0 Å². The van der Waals surface area contributed by atoms with Gasteiger partial charge in [0.25, 0.3) is 5.56 Å². The van der Waals surface area contributed by atoms with Crippen LogP contribution in [0.3, 0.4) is 0 Å². The minimum absolute atomic E-state index is 0.227. The predicted octanol–water partition coefficient (Wildman–Crippen LogP) is 4.83. The molecule has 28 heavy (non-hydrogen) atoms. The lowest BCUT2D eigenvalue weighted by atomic mass is 10.2. The highest BCUT2D eigenvalue weighted by molar-refractivity contribution is 6.35. The standard InChI is InChI=1S/C21H29Cl2N3O2/c1-4-5-6-14-28-16-10-12-26(19(27)15-16)21(23)17-8-7-9-18(20(17)22)24-11-13-25(2)3/h7-10,12,15,21,24H,4-6,11,13-14H2,1-3H3. The van der Waals surface area contributed by atoms with Crippen LogP contribution >= 0.6 is 23.2 Å². The number of pyridine rings is 1. The Balaban J connectivity index is 2.12. The second kappa shape index (κ2) is 11.3. The summed E-state index contributed by atoms with van der Waals surface area (Å²) in [5.41, 5.74) is 0.548. The van der Waals surface area contributed by atoms with Gasteiger partial charge in [-0.2, -0.15) is 0 Å². The summed E-state index contributed by atoms with van der Waals surface area (Å²) in [6.07, 6.45) is 4.86. The van der Waals surface area contributed by atoms with Crippen molar-refractivity contribution in [1.82, 2.24) is 9.47 Å². The molecule has 1 aromatic carbocycles. The third kappa shape index (κ3) is 6.43. The number of unbranched alkanes of at least 4 members (excludes halogenated alkanes) is 2. The molecular formula is C21H29Cl2N3O2. The van der Waals surface area contributed by atoms with E-state index in [9.17, 15) is 4.79 Å². The van der Waals surface area contributed by atoms with Crippen LogP contribution in [0.5, 0.6) is 5.75 Å². The van der Waals surface area contributed by atoms with Gasteiger partial charge in [0, 0.05) is 30.9 Å². The Morgan fingerprint density at radius 2 is 2.04 bits per heavy atom. The molecule has 2 aromatic rings. The second-order valence-electron chi connectivity index (χ2n) is 6.94. The van der Waals surface area contributed by atoms with E-state index < -0.39 is 5.50 Å². The summed E-state index contributed by atoms with van der Waals surface area (Å²) in [6.45, 7) is 4.38. The molecular weight excluding hydrogens is 397 g/mol. The Labute approximate surface area is 177 Å². The highest BCUT2D eigenvalue weighted by atomic mass is 35.5. The van der Waals surface area contributed by atoms with Crippen LogP contribution < -0.4 is 15.6 Å². The third-order valence-electron chi connectivity index (χ3n) is 4.34. The van der Waals surface area contributed by atoms with Gasteiger partial charge in [0.05, 0.1) is 17.3 Å². The van der Waals surface area contributed by atoms with Crippen LogP contribution in [0.15, 0.2) is 41.3 Å². The number of hydrogen-bond acceptors (Lipinski definition) is 4. The van der Waals surface area contributed by atoms with E-state index in [4.69, 9.17) is 27.9 Å². The zero-order chi connectivity index (χ0) is 20.5. The molecule has 0 bridgehead atoms.